The fourth-order valence-corrected chi connectivity index (χ4v) is 6.59. The number of fused-ring (bicyclic) bond motifs is 1. The van der Waals surface area contributed by atoms with E-state index in [2.05, 4.69) is 83.4 Å². The zero-order chi connectivity index (χ0) is 36.1. The highest BCUT2D eigenvalue weighted by Gasteiger charge is 2.39. The fraction of sp³-hybridized carbons (Fsp3) is 0.133. The summed E-state index contributed by atoms with van der Waals surface area (Å²) in [6, 6.07) is 46.4. The number of allylic oxidation sites excluding steroid dienone is 1. The molecule has 0 aliphatic rings. The van der Waals surface area contributed by atoms with Gasteiger partial charge in [0.1, 0.15) is 22.5 Å². The predicted molar refractivity (Wildman–Crippen MR) is 203 cm³/mol. The molecule has 258 valence electrons. The van der Waals surface area contributed by atoms with Gasteiger partial charge in [-0.2, -0.15) is 0 Å². The molecule has 0 N–H and O–H groups in total. The lowest BCUT2D eigenvalue weighted by molar-refractivity contribution is -0.0130. The summed E-state index contributed by atoms with van der Waals surface area (Å²) in [7, 11) is 0. The monoisotopic (exact) mass is 686 g/mol. The zero-order valence-electron chi connectivity index (χ0n) is 29.2. The number of ketones is 1. The van der Waals surface area contributed by atoms with Crippen LogP contribution in [0.5, 0.6) is 0 Å². The van der Waals surface area contributed by atoms with Gasteiger partial charge < -0.3 is 18.5 Å². The van der Waals surface area contributed by atoms with Gasteiger partial charge in [-0.3, -0.25) is 4.79 Å². The average Bonchev–Trinajstić information content (AvgIpc) is 3.82. The van der Waals surface area contributed by atoms with Crippen molar-refractivity contribution in [1.82, 2.24) is 9.55 Å². The molecule has 0 aliphatic heterocycles. The summed E-state index contributed by atoms with van der Waals surface area (Å²) in [6.07, 6.45) is 6.44. The van der Waals surface area contributed by atoms with Crippen LogP contribution in [0.15, 0.2) is 163 Å². The average molecular weight is 687 g/mol. The molecule has 5 aromatic carbocycles. The van der Waals surface area contributed by atoms with Gasteiger partial charge in [-0.15, -0.1) is 0 Å². The Labute approximate surface area is 302 Å². The Morgan fingerprint density at radius 2 is 1.35 bits per heavy atom. The van der Waals surface area contributed by atoms with Gasteiger partial charge in [0.05, 0.1) is 18.2 Å². The van der Waals surface area contributed by atoms with Crippen LogP contribution >= 0.6 is 0 Å². The third-order valence-electron chi connectivity index (χ3n) is 8.80. The Kier molecular flexibility index (Phi) is 9.42. The summed E-state index contributed by atoms with van der Waals surface area (Å²) in [5.74, 6) is 0.286. The lowest BCUT2D eigenvalue weighted by Crippen LogP contribution is -2.37. The molecule has 0 atom stereocenters. The van der Waals surface area contributed by atoms with Crippen molar-refractivity contribution in [3.63, 3.8) is 0 Å². The number of carbonyl (C=O) groups is 2. The SMILES string of the molecule is CC(C)(C)OC(=O)OCc1cc2cc(C(=O)C=Cc3ccccc3-c3cncn3C(c3ccccc3)(c3ccccc3)c3ccccc3)ccc2o1. The van der Waals surface area contributed by atoms with Crippen molar-refractivity contribution in [3.8, 4) is 11.3 Å². The minimum Gasteiger partial charge on any atom is -0.457 e. The van der Waals surface area contributed by atoms with Crippen molar-refractivity contribution in [2.75, 3.05) is 0 Å². The molecule has 7 aromatic rings. The van der Waals surface area contributed by atoms with Crippen LogP contribution in [-0.4, -0.2) is 27.1 Å². The van der Waals surface area contributed by atoms with E-state index in [-0.39, 0.29) is 12.4 Å². The van der Waals surface area contributed by atoms with Crippen molar-refractivity contribution in [2.45, 2.75) is 38.5 Å². The summed E-state index contributed by atoms with van der Waals surface area (Å²) < 4.78 is 18.5. The van der Waals surface area contributed by atoms with Crippen molar-refractivity contribution in [3.05, 3.63) is 192 Å². The molecular formula is C45H38N2O5. The van der Waals surface area contributed by atoms with Gasteiger partial charge in [-0.1, -0.05) is 121 Å². The Balaban J connectivity index is 1.23. The molecule has 0 saturated carbocycles. The maximum atomic E-state index is 13.6. The normalized spacial score (nSPS) is 11.9. The van der Waals surface area contributed by atoms with E-state index in [0.29, 0.717) is 16.9 Å². The zero-order valence-corrected chi connectivity index (χ0v) is 29.2. The summed E-state index contributed by atoms with van der Waals surface area (Å²) in [5, 5.41) is 0.727. The largest absolute Gasteiger partial charge is 0.509 e. The number of hydrogen-bond donors (Lipinski definition) is 0. The molecule has 0 radical (unpaired) electrons. The van der Waals surface area contributed by atoms with E-state index >= 15 is 0 Å². The third kappa shape index (κ3) is 6.94. The Hall–Kier alpha value is -6.47. The number of imidazole rings is 1. The molecule has 7 heteroatoms. The lowest BCUT2D eigenvalue weighted by Gasteiger charge is -2.38. The van der Waals surface area contributed by atoms with Crippen LogP contribution in [0.1, 0.15) is 59.1 Å². The van der Waals surface area contributed by atoms with E-state index in [0.717, 1.165) is 38.9 Å². The summed E-state index contributed by atoms with van der Waals surface area (Å²) in [5.41, 5.74) is 5.62. The Morgan fingerprint density at radius 3 is 1.96 bits per heavy atom. The number of aromatic nitrogens is 2. The second-order valence-electron chi connectivity index (χ2n) is 13.5. The highest BCUT2D eigenvalue weighted by Crippen LogP contribution is 2.43. The molecule has 0 fully saturated rings. The highest BCUT2D eigenvalue weighted by molar-refractivity contribution is 6.08. The summed E-state index contributed by atoms with van der Waals surface area (Å²) in [4.78, 5) is 30.3. The van der Waals surface area contributed by atoms with Crippen LogP contribution in [-0.2, 0) is 21.6 Å². The lowest BCUT2D eigenvalue weighted by atomic mass is 9.76. The number of nitrogens with zero attached hydrogens (tertiary/aromatic N) is 2. The molecule has 0 saturated heterocycles. The maximum Gasteiger partial charge on any atom is 0.509 e. The van der Waals surface area contributed by atoms with E-state index in [1.807, 2.05) is 55.0 Å². The molecule has 2 heterocycles. The predicted octanol–water partition coefficient (Wildman–Crippen LogP) is 10.5. The molecule has 0 unspecified atom stereocenters. The first-order chi connectivity index (χ1) is 25.2. The van der Waals surface area contributed by atoms with Crippen molar-refractivity contribution < 1.29 is 23.5 Å². The number of rotatable bonds is 10. The molecular weight excluding hydrogens is 649 g/mol. The van der Waals surface area contributed by atoms with Crippen LogP contribution in [0.3, 0.4) is 0 Å². The summed E-state index contributed by atoms with van der Waals surface area (Å²) >= 11 is 0. The smallest absolute Gasteiger partial charge is 0.457 e. The number of hydrogen-bond acceptors (Lipinski definition) is 6. The van der Waals surface area contributed by atoms with Gasteiger partial charge in [0.25, 0.3) is 0 Å². The first kappa shape index (κ1) is 34.0. The summed E-state index contributed by atoms with van der Waals surface area (Å²) in [6.45, 7) is 5.22. The number of ether oxygens (including phenoxy) is 2. The minimum absolute atomic E-state index is 0.0831. The third-order valence-corrected chi connectivity index (χ3v) is 8.80. The second kappa shape index (κ2) is 14.4. The standard InChI is InChI=1S/C45H38N2O5/c1-44(2,3)52-43(49)50-30-38-28-34-27-33(24-26-42(34)51-38)41(48)25-23-32-15-13-14-22-39(32)40-29-46-31-47(40)45(35-16-7-4-8-17-35,36-18-9-5-10-19-36)37-20-11-6-12-21-37/h4-29,31H,30H2,1-3H3. The number of benzene rings is 5. The number of furan rings is 1. The Morgan fingerprint density at radius 1 is 0.750 bits per heavy atom. The van der Waals surface area contributed by atoms with Crippen LogP contribution < -0.4 is 0 Å². The number of carbonyl (C=O) groups excluding carboxylic acids is 2. The fourth-order valence-electron chi connectivity index (χ4n) is 6.59. The van der Waals surface area contributed by atoms with Gasteiger partial charge in [-0.05, 0) is 73.4 Å². The van der Waals surface area contributed by atoms with E-state index in [1.165, 1.54) is 0 Å². The molecule has 7 nitrogen and oxygen atoms in total. The maximum absolute atomic E-state index is 13.6. The van der Waals surface area contributed by atoms with Gasteiger partial charge in [0, 0.05) is 16.5 Å². The first-order valence-electron chi connectivity index (χ1n) is 17.1. The first-order valence-corrected chi connectivity index (χ1v) is 17.1. The van der Waals surface area contributed by atoms with Crippen LogP contribution in [0.4, 0.5) is 4.79 Å². The molecule has 0 amide bonds. The quantitative estimate of drug-likeness (QED) is 0.0616. The minimum atomic E-state index is -0.775. The molecule has 2 aromatic heterocycles. The van der Waals surface area contributed by atoms with E-state index < -0.39 is 17.3 Å². The van der Waals surface area contributed by atoms with E-state index in [1.54, 1.807) is 51.1 Å². The molecule has 0 spiro atoms. The van der Waals surface area contributed by atoms with E-state index in [9.17, 15) is 9.59 Å². The van der Waals surface area contributed by atoms with E-state index in [4.69, 9.17) is 18.9 Å². The Bertz CT molecular complexity index is 2250. The van der Waals surface area contributed by atoms with Gasteiger partial charge >= 0.3 is 6.16 Å². The van der Waals surface area contributed by atoms with Crippen molar-refractivity contribution in [2.24, 2.45) is 0 Å². The van der Waals surface area contributed by atoms with Crippen LogP contribution in [0, 0.1) is 0 Å². The topological polar surface area (TPSA) is 83.6 Å². The van der Waals surface area contributed by atoms with Gasteiger partial charge in [0.2, 0.25) is 0 Å². The van der Waals surface area contributed by atoms with Gasteiger partial charge in [0.15, 0.2) is 12.4 Å². The van der Waals surface area contributed by atoms with Crippen molar-refractivity contribution in [1.29, 1.82) is 0 Å². The highest BCUT2D eigenvalue weighted by atomic mass is 16.7. The second-order valence-corrected chi connectivity index (χ2v) is 13.5. The molecule has 7 rings (SSSR count). The van der Waals surface area contributed by atoms with Crippen LogP contribution in [0.2, 0.25) is 0 Å². The molecule has 0 bridgehead atoms. The van der Waals surface area contributed by atoms with Gasteiger partial charge in [-0.25, -0.2) is 9.78 Å². The molecule has 52 heavy (non-hydrogen) atoms. The molecule has 0 aliphatic carbocycles. The van der Waals surface area contributed by atoms with Crippen LogP contribution in [0.25, 0.3) is 28.3 Å². The van der Waals surface area contributed by atoms with Crippen molar-refractivity contribution >= 4 is 29.0 Å².